The molecule has 0 unspecified atom stereocenters. The van der Waals surface area contributed by atoms with E-state index in [0.29, 0.717) is 16.8 Å². The highest BCUT2D eigenvalue weighted by atomic mass is 16.1. The van der Waals surface area contributed by atoms with Crippen LogP contribution in [0.15, 0.2) is 48.5 Å². The molecule has 0 aliphatic carbocycles. The average Bonchev–Trinajstić information content (AvgIpc) is 2.39. The van der Waals surface area contributed by atoms with Crippen LogP contribution in [0, 0.1) is 6.92 Å². The van der Waals surface area contributed by atoms with E-state index in [1.165, 1.54) is 0 Å². The topological polar surface area (TPSA) is 32.3 Å². The molecule has 0 saturated carbocycles. The molecule has 0 aromatic heterocycles. The van der Waals surface area contributed by atoms with Gasteiger partial charge in [0.2, 0.25) is 0 Å². The molecule has 0 bridgehead atoms. The first-order chi connectivity index (χ1) is 9.06. The average molecular weight is 252 g/mol. The van der Waals surface area contributed by atoms with E-state index in [-0.39, 0.29) is 5.91 Å². The summed E-state index contributed by atoms with van der Waals surface area (Å²) < 4.78 is 0. The number of anilines is 2. The molecule has 2 rings (SSSR count). The zero-order valence-electron chi connectivity index (χ0n) is 11.1. The first-order valence-corrected chi connectivity index (χ1v) is 6.00. The minimum atomic E-state index is -0.144. The summed E-state index contributed by atoms with van der Waals surface area (Å²) in [5.74, 6) is -0.144. The maximum absolute atomic E-state index is 12.1. The van der Waals surface area contributed by atoms with Crippen molar-refractivity contribution in [3.05, 3.63) is 66.6 Å². The second-order valence-electron chi connectivity index (χ2n) is 4.52. The number of carbonyl (C=O) groups is 1. The van der Waals surface area contributed by atoms with Gasteiger partial charge >= 0.3 is 0 Å². The lowest BCUT2D eigenvalue weighted by Crippen LogP contribution is -2.14. The zero-order valence-corrected chi connectivity index (χ0v) is 11.1. The fourth-order valence-corrected chi connectivity index (χ4v) is 1.75. The molecule has 0 saturated heterocycles. The number of rotatable bonds is 3. The second-order valence-corrected chi connectivity index (χ2v) is 4.52. The van der Waals surface area contributed by atoms with Crippen molar-refractivity contribution in [3.8, 4) is 0 Å². The summed E-state index contributed by atoms with van der Waals surface area (Å²) in [5.41, 5.74) is 2.92. The zero-order chi connectivity index (χ0) is 13.8. The van der Waals surface area contributed by atoms with Crippen molar-refractivity contribution in [2.24, 2.45) is 0 Å². The molecule has 2 radical (unpaired) electrons. The Morgan fingerprint density at radius 2 is 1.84 bits per heavy atom. The van der Waals surface area contributed by atoms with Crippen LogP contribution in [0.4, 0.5) is 11.4 Å². The van der Waals surface area contributed by atoms with Gasteiger partial charge in [0.25, 0.3) is 5.91 Å². The smallest absolute Gasteiger partial charge is 0.255 e. The number of carbonyl (C=O) groups excluding carboxylic acids is 1. The highest BCUT2D eigenvalue weighted by Gasteiger charge is 2.07. The van der Waals surface area contributed by atoms with Gasteiger partial charge in [-0.1, -0.05) is 18.2 Å². The Balaban J connectivity index is 2.18. The summed E-state index contributed by atoms with van der Waals surface area (Å²) in [7, 11) is 3.88. The van der Waals surface area contributed by atoms with Crippen LogP contribution in [0.2, 0.25) is 0 Å². The van der Waals surface area contributed by atoms with E-state index in [1.54, 1.807) is 24.3 Å². The molecule has 19 heavy (non-hydrogen) atoms. The highest BCUT2D eigenvalue weighted by molar-refractivity contribution is 6.04. The number of hydrogen-bond acceptors (Lipinski definition) is 2. The van der Waals surface area contributed by atoms with Crippen molar-refractivity contribution in [1.82, 2.24) is 0 Å². The normalized spacial score (nSPS) is 10.1. The Kier molecular flexibility index (Phi) is 3.85. The lowest BCUT2D eigenvalue weighted by Gasteiger charge is -2.13. The highest BCUT2D eigenvalue weighted by Crippen LogP contribution is 2.16. The minimum absolute atomic E-state index is 0.144. The molecule has 0 fully saturated rings. The maximum atomic E-state index is 12.1. The van der Waals surface area contributed by atoms with E-state index >= 15 is 0 Å². The van der Waals surface area contributed by atoms with Crippen molar-refractivity contribution in [1.29, 1.82) is 0 Å². The minimum Gasteiger partial charge on any atom is -0.378 e. The molecule has 3 heteroatoms. The van der Waals surface area contributed by atoms with Crippen LogP contribution in [-0.2, 0) is 0 Å². The molecular formula is C16H16N2O. The molecule has 2 aromatic carbocycles. The molecule has 2 aromatic rings. The van der Waals surface area contributed by atoms with E-state index < -0.39 is 0 Å². The summed E-state index contributed by atoms with van der Waals surface area (Å²) in [4.78, 5) is 14.1. The fourth-order valence-electron chi connectivity index (χ4n) is 1.75. The molecule has 0 heterocycles. The first-order valence-electron chi connectivity index (χ1n) is 6.00. The number of nitrogens with one attached hydrogen (secondary N) is 1. The Morgan fingerprint density at radius 1 is 1.11 bits per heavy atom. The van der Waals surface area contributed by atoms with Crippen molar-refractivity contribution >= 4 is 17.3 Å². The molecule has 1 amide bonds. The van der Waals surface area contributed by atoms with Crippen molar-refractivity contribution in [2.45, 2.75) is 0 Å². The summed E-state index contributed by atoms with van der Waals surface area (Å²) in [6.45, 7) is 5.68. The van der Waals surface area contributed by atoms with E-state index in [4.69, 9.17) is 6.92 Å². The molecule has 3 nitrogen and oxygen atoms in total. The molecule has 0 aliphatic heterocycles. The largest absolute Gasteiger partial charge is 0.378 e. The van der Waals surface area contributed by atoms with E-state index in [9.17, 15) is 4.79 Å². The Morgan fingerprint density at radius 3 is 2.53 bits per heavy atom. The van der Waals surface area contributed by atoms with Gasteiger partial charge in [0.15, 0.2) is 0 Å². The lowest BCUT2D eigenvalue weighted by molar-refractivity contribution is 0.102. The quantitative estimate of drug-likeness (QED) is 0.910. The van der Waals surface area contributed by atoms with Gasteiger partial charge in [-0.25, -0.2) is 0 Å². The third-order valence-electron chi connectivity index (χ3n) is 2.77. The standard InChI is InChI=1S/C16H16N2O/c1-12-6-4-8-14(10-12)17-16(19)13-7-5-9-15(11-13)18(2)3/h1,4-11H,2-3H3,(H,17,19). The predicted molar refractivity (Wildman–Crippen MR) is 78.6 cm³/mol. The lowest BCUT2D eigenvalue weighted by atomic mass is 10.1. The van der Waals surface area contributed by atoms with Gasteiger partial charge in [0.1, 0.15) is 0 Å². The van der Waals surface area contributed by atoms with Gasteiger partial charge in [-0.3, -0.25) is 4.79 Å². The van der Waals surface area contributed by atoms with Gasteiger partial charge < -0.3 is 10.2 Å². The Hall–Kier alpha value is -2.29. The molecule has 0 atom stereocenters. The van der Waals surface area contributed by atoms with Gasteiger partial charge in [0.05, 0.1) is 0 Å². The molecular weight excluding hydrogens is 236 g/mol. The van der Waals surface area contributed by atoms with Crippen molar-refractivity contribution in [3.63, 3.8) is 0 Å². The van der Waals surface area contributed by atoms with Crippen LogP contribution in [0.1, 0.15) is 15.9 Å². The van der Waals surface area contributed by atoms with E-state index in [0.717, 1.165) is 5.69 Å². The van der Waals surface area contributed by atoms with Crippen LogP contribution in [0.25, 0.3) is 0 Å². The summed E-state index contributed by atoms with van der Waals surface area (Å²) in [6.07, 6.45) is 0. The molecule has 0 aliphatic rings. The third kappa shape index (κ3) is 3.35. The van der Waals surface area contributed by atoms with Gasteiger partial charge in [-0.15, -0.1) is 0 Å². The third-order valence-corrected chi connectivity index (χ3v) is 2.77. The van der Waals surface area contributed by atoms with Gasteiger partial charge in [-0.05, 0) is 42.8 Å². The van der Waals surface area contributed by atoms with Gasteiger partial charge in [0, 0.05) is 31.0 Å². The first kappa shape index (κ1) is 13.1. The summed E-state index contributed by atoms with van der Waals surface area (Å²) in [6, 6.07) is 14.6. The van der Waals surface area contributed by atoms with Crippen LogP contribution < -0.4 is 10.2 Å². The molecule has 96 valence electrons. The van der Waals surface area contributed by atoms with E-state index in [2.05, 4.69) is 5.32 Å². The van der Waals surface area contributed by atoms with Crippen LogP contribution in [0.3, 0.4) is 0 Å². The van der Waals surface area contributed by atoms with Crippen molar-refractivity contribution < 1.29 is 4.79 Å². The number of amides is 1. The second kappa shape index (κ2) is 5.57. The molecule has 1 N–H and O–H groups in total. The van der Waals surface area contributed by atoms with Gasteiger partial charge in [-0.2, -0.15) is 0 Å². The SMILES string of the molecule is [CH]c1cccc(NC(=O)c2cccc(N(C)C)c2)c1. The maximum Gasteiger partial charge on any atom is 0.255 e. The summed E-state index contributed by atoms with van der Waals surface area (Å²) in [5, 5.41) is 2.83. The fraction of sp³-hybridized carbons (Fsp3) is 0.125. The number of hydrogen-bond donors (Lipinski definition) is 1. The number of nitrogens with zero attached hydrogens (tertiary/aromatic N) is 1. The van der Waals surface area contributed by atoms with Crippen molar-refractivity contribution in [2.75, 3.05) is 24.3 Å². The monoisotopic (exact) mass is 252 g/mol. The predicted octanol–water partition coefficient (Wildman–Crippen LogP) is 3.06. The van der Waals surface area contributed by atoms with Crippen LogP contribution in [-0.4, -0.2) is 20.0 Å². The van der Waals surface area contributed by atoms with Crippen LogP contribution in [0.5, 0.6) is 0 Å². The molecule has 0 spiro atoms. The van der Waals surface area contributed by atoms with E-state index in [1.807, 2.05) is 43.3 Å². The Labute approximate surface area is 113 Å². The van der Waals surface area contributed by atoms with Crippen LogP contribution >= 0.6 is 0 Å². The Bertz CT molecular complexity index is 591. The number of benzene rings is 2. The summed E-state index contributed by atoms with van der Waals surface area (Å²) >= 11 is 0.